The third-order valence-electron chi connectivity index (χ3n) is 2.69. The van der Waals surface area contributed by atoms with E-state index >= 15 is 0 Å². The molecular weight excluding hydrogens is 214 g/mol. The van der Waals surface area contributed by atoms with Crippen molar-refractivity contribution >= 4 is 0 Å². The fourth-order valence-corrected chi connectivity index (χ4v) is 1.85. The fraction of sp³-hybridized carbons (Fsp3) is 0.571. The zero-order chi connectivity index (χ0) is 12.3. The number of methoxy groups -OCH3 is 2. The topological polar surface area (TPSA) is 30.5 Å². The predicted octanol–water partition coefficient (Wildman–Crippen LogP) is 1.73. The first-order valence-electron chi connectivity index (χ1n) is 6.09. The van der Waals surface area contributed by atoms with Gasteiger partial charge in [0, 0.05) is 27.3 Å². The average Bonchev–Trinajstić information content (AvgIpc) is 2.36. The predicted molar refractivity (Wildman–Crippen MR) is 70.3 cm³/mol. The van der Waals surface area contributed by atoms with Crippen molar-refractivity contribution in [2.75, 3.05) is 40.5 Å². The van der Waals surface area contributed by atoms with Gasteiger partial charge in [-0.25, -0.2) is 0 Å². The van der Waals surface area contributed by atoms with E-state index in [1.54, 1.807) is 14.2 Å². The second-order valence-electron chi connectivity index (χ2n) is 4.21. The maximum atomic E-state index is 5.26. The molecule has 1 atom stereocenters. The molecule has 0 fully saturated rings. The van der Waals surface area contributed by atoms with Gasteiger partial charge in [0.1, 0.15) is 0 Å². The number of hydrogen-bond donors (Lipinski definition) is 1. The Kier molecular flexibility index (Phi) is 7.63. The molecule has 0 aromatic heterocycles. The van der Waals surface area contributed by atoms with Gasteiger partial charge in [0.15, 0.2) is 0 Å². The number of nitrogens with one attached hydrogen (secondary N) is 1. The summed E-state index contributed by atoms with van der Waals surface area (Å²) in [6, 6.07) is 10.5. The normalized spacial score (nSPS) is 12.6. The van der Waals surface area contributed by atoms with E-state index < -0.39 is 0 Å². The Morgan fingerprint density at radius 1 is 1.12 bits per heavy atom. The monoisotopic (exact) mass is 237 g/mol. The van der Waals surface area contributed by atoms with Gasteiger partial charge in [-0.15, -0.1) is 0 Å². The van der Waals surface area contributed by atoms with Crippen LogP contribution in [0, 0.1) is 5.92 Å². The first-order valence-corrected chi connectivity index (χ1v) is 6.09. The molecule has 1 rings (SSSR count). The summed E-state index contributed by atoms with van der Waals surface area (Å²) >= 11 is 0. The Labute approximate surface area is 104 Å². The smallest absolute Gasteiger partial charge is 0.0587 e. The molecule has 1 aromatic rings. The summed E-state index contributed by atoms with van der Waals surface area (Å²) in [4.78, 5) is 0. The molecule has 0 amide bonds. The lowest BCUT2D eigenvalue weighted by atomic mass is 10.00. The number of benzene rings is 1. The minimum absolute atomic E-state index is 0.513. The molecular formula is C14H23NO2. The van der Waals surface area contributed by atoms with E-state index in [0.717, 1.165) is 32.7 Å². The van der Waals surface area contributed by atoms with Gasteiger partial charge in [0.05, 0.1) is 13.2 Å². The van der Waals surface area contributed by atoms with Crippen LogP contribution in [0.15, 0.2) is 30.3 Å². The summed E-state index contributed by atoms with van der Waals surface area (Å²) in [5.74, 6) is 0.513. The largest absolute Gasteiger partial charge is 0.384 e. The van der Waals surface area contributed by atoms with E-state index in [2.05, 4.69) is 29.6 Å². The molecule has 0 aliphatic heterocycles. The molecule has 1 aromatic carbocycles. The molecule has 0 radical (unpaired) electrons. The zero-order valence-corrected chi connectivity index (χ0v) is 10.8. The standard InChI is InChI=1S/C14H23NO2/c1-16-9-8-15-11-14(12-17-2)10-13-6-4-3-5-7-13/h3-7,14-15H,8-12H2,1-2H3. The van der Waals surface area contributed by atoms with Crippen molar-refractivity contribution in [1.82, 2.24) is 5.32 Å². The molecule has 1 unspecified atom stereocenters. The lowest BCUT2D eigenvalue weighted by Crippen LogP contribution is -2.29. The van der Waals surface area contributed by atoms with Crippen molar-refractivity contribution in [1.29, 1.82) is 0 Å². The SMILES string of the molecule is COCCNCC(COC)Cc1ccccc1. The highest BCUT2D eigenvalue weighted by atomic mass is 16.5. The van der Waals surface area contributed by atoms with E-state index in [-0.39, 0.29) is 0 Å². The summed E-state index contributed by atoms with van der Waals surface area (Å²) < 4.78 is 10.3. The van der Waals surface area contributed by atoms with Crippen LogP contribution in [0.5, 0.6) is 0 Å². The highest BCUT2D eigenvalue weighted by Crippen LogP contribution is 2.08. The van der Waals surface area contributed by atoms with Gasteiger partial charge < -0.3 is 14.8 Å². The molecule has 3 nitrogen and oxygen atoms in total. The van der Waals surface area contributed by atoms with Crippen LogP contribution in [0.4, 0.5) is 0 Å². The van der Waals surface area contributed by atoms with Crippen molar-refractivity contribution in [3.05, 3.63) is 35.9 Å². The van der Waals surface area contributed by atoms with Crippen LogP contribution in [0.1, 0.15) is 5.56 Å². The summed E-state index contributed by atoms with van der Waals surface area (Å²) in [5.41, 5.74) is 1.36. The zero-order valence-electron chi connectivity index (χ0n) is 10.8. The molecule has 1 N–H and O–H groups in total. The Morgan fingerprint density at radius 2 is 1.88 bits per heavy atom. The first-order chi connectivity index (χ1) is 8.36. The van der Waals surface area contributed by atoms with Crippen LogP contribution in [0.3, 0.4) is 0 Å². The summed E-state index contributed by atoms with van der Waals surface area (Å²) in [7, 11) is 3.48. The van der Waals surface area contributed by atoms with Gasteiger partial charge >= 0.3 is 0 Å². The third-order valence-corrected chi connectivity index (χ3v) is 2.69. The van der Waals surface area contributed by atoms with Crippen molar-refractivity contribution < 1.29 is 9.47 Å². The Hall–Kier alpha value is -0.900. The summed E-state index contributed by atoms with van der Waals surface area (Å²) in [5, 5.41) is 3.39. The Bertz CT molecular complexity index is 277. The van der Waals surface area contributed by atoms with E-state index in [1.165, 1.54) is 5.56 Å². The van der Waals surface area contributed by atoms with Crippen LogP contribution in [0.25, 0.3) is 0 Å². The first kappa shape index (κ1) is 14.2. The molecule has 0 bridgehead atoms. The van der Waals surface area contributed by atoms with Gasteiger partial charge in [-0.2, -0.15) is 0 Å². The number of hydrogen-bond acceptors (Lipinski definition) is 3. The third kappa shape index (κ3) is 6.41. The molecule has 0 aliphatic rings. The second kappa shape index (κ2) is 9.16. The summed E-state index contributed by atoms with van der Waals surface area (Å²) in [6.07, 6.45) is 1.05. The molecule has 0 saturated carbocycles. The van der Waals surface area contributed by atoms with Crippen LogP contribution in [0.2, 0.25) is 0 Å². The fourth-order valence-electron chi connectivity index (χ4n) is 1.85. The molecule has 17 heavy (non-hydrogen) atoms. The summed E-state index contributed by atoms with van der Waals surface area (Å²) in [6.45, 7) is 3.40. The molecule has 96 valence electrons. The average molecular weight is 237 g/mol. The number of ether oxygens (including phenoxy) is 2. The maximum Gasteiger partial charge on any atom is 0.0587 e. The Balaban J connectivity index is 2.32. The van der Waals surface area contributed by atoms with Crippen LogP contribution < -0.4 is 5.32 Å². The van der Waals surface area contributed by atoms with E-state index in [9.17, 15) is 0 Å². The molecule has 0 saturated heterocycles. The van der Waals surface area contributed by atoms with Gasteiger partial charge in [0.25, 0.3) is 0 Å². The second-order valence-corrected chi connectivity index (χ2v) is 4.21. The van der Waals surface area contributed by atoms with Crippen LogP contribution >= 0.6 is 0 Å². The Morgan fingerprint density at radius 3 is 2.53 bits per heavy atom. The van der Waals surface area contributed by atoms with Gasteiger partial charge in [-0.05, 0) is 17.9 Å². The highest BCUT2D eigenvalue weighted by Gasteiger charge is 2.08. The van der Waals surface area contributed by atoms with Crippen molar-refractivity contribution in [3.8, 4) is 0 Å². The van der Waals surface area contributed by atoms with Gasteiger partial charge in [-0.3, -0.25) is 0 Å². The quantitative estimate of drug-likeness (QED) is 0.663. The van der Waals surface area contributed by atoms with Gasteiger partial charge in [0.2, 0.25) is 0 Å². The van der Waals surface area contributed by atoms with E-state index in [1.807, 2.05) is 6.07 Å². The maximum absolute atomic E-state index is 5.26. The lowest BCUT2D eigenvalue weighted by molar-refractivity contribution is 0.147. The molecule has 0 aliphatic carbocycles. The van der Waals surface area contributed by atoms with Crippen LogP contribution in [-0.2, 0) is 15.9 Å². The highest BCUT2D eigenvalue weighted by molar-refractivity contribution is 5.15. The van der Waals surface area contributed by atoms with Crippen molar-refractivity contribution in [2.45, 2.75) is 6.42 Å². The van der Waals surface area contributed by atoms with E-state index in [0.29, 0.717) is 5.92 Å². The lowest BCUT2D eigenvalue weighted by Gasteiger charge is -2.16. The van der Waals surface area contributed by atoms with Crippen molar-refractivity contribution in [3.63, 3.8) is 0 Å². The minimum Gasteiger partial charge on any atom is -0.384 e. The minimum atomic E-state index is 0.513. The molecule has 0 heterocycles. The van der Waals surface area contributed by atoms with Crippen molar-refractivity contribution in [2.24, 2.45) is 5.92 Å². The van der Waals surface area contributed by atoms with E-state index in [4.69, 9.17) is 9.47 Å². The number of rotatable bonds is 9. The van der Waals surface area contributed by atoms with Gasteiger partial charge in [-0.1, -0.05) is 30.3 Å². The van der Waals surface area contributed by atoms with Crippen LogP contribution in [-0.4, -0.2) is 40.5 Å². The molecule has 0 spiro atoms. The molecule has 3 heteroatoms.